The molecule has 0 aliphatic rings. The van der Waals surface area contributed by atoms with E-state index < -0.39 is 82.2 Å². The molecule has 0 unspecified atom stereocenters. The number of halogens is 10. The van der Waals surface area contributed by atoms with E-state index in [1.807, 2.05) is 0 Å². The number of carbonyl (C=O) groups excluding carboxylic acids is 1. The van der Waals surface area contributed by atoms with Crippen molar-refractivity contribution in [2.24, 2.45) is 0 Å². The van der Waals surface area contributed by atoms with Gasteiger partial charge in [-0.25, -0.2) is 39.5 Å². The number of carbonyl (C=O) groups is 1. The molecule has 1 aromatic carbocycles. The Morgan fingerprint density at radius 2 is 1.53 bits per heavy atom. The summed E-state index contributed by atoms with van der Waals surface area (Å²) < 4.78 is 124. The monoisotopic (exact) mass is 491 g/mol. The van der Waals surface area contributed by atoms with Crippen LogP contribution in [0.25, 0.3) is 0 Å². The number of hydrogen-bond donors (Lipinski definition) is 1. The second kappa shape index (κ2) is 8.76. The maximum absolute atomic E-state index is 13.7. The summed E-state index contributed by atoms with van der Waals surface area (Å²) in [5.41, 5.74) is -3.81. The van der Waals surface area contributed by atoms with Gasteiger partial charge in [-0.3, -0.25) is 9.48 Å². The second-order valence-corrected chi connectivity index (χ2v) is 6.39. The van der Waals surface area contributed by atoms with Gasteiger partial charge in [-0.2, -0.15) is 5.10 Å². The number of aromatic nitrogens is 2. The molecule has 2 aromatic heterocycles. The van der Waals surface area contributed by atoms with Crippen molar-refractivity contribution in [2.75, 3.05) is 5.32 Å². The van der Waals surface area contributed by atoms with Crippen LogP contribution in [0.5, 0.6) is 0 Å². The summed E-state index contributed by atoms with van der Waals surface area (Å²) in [5, 5.41) is 3.75. The van der Waals surface area contributed by atoms with E-state index in [0.29, 0.717) is 4.68 Å². The number of anilines is 1. The molecule has 5 nitrogen and oxygen atoms in total. The fourth-order valence-corrected chi connectivity index (χ4v) is 2.86. The zero-order valence-corrected chi connectivity index (χ0v) is 15.8. The maximum atomic E-state index is 13.7. The van der Waals surface area contributed by atoms with Crippen molar-refractivity contribution in [3.05, 3.63) is 69.1 Å². The first-order valence-corrected chi connectivity index (χ1v) is 8.55. The van der Waals surface area contributed by atoms with E-state index in [9.17, 15) is 44.3 Å². The summed E-state index contributed by atoms with van der Waals surface area (Å²) in [6.07, 6.45) is -6.56. The standard InChI is InChI=1S/C17H7ClF9N3O2/c18-6-12(15(24)25)29-30(14(6)16(26)27)3-4-1-2-5(32-4)17(31)28-13-10(22)8(20)7(19)9(21)11(13)23/h1-2,15-16H,3H2,(H,28,31). The van der Waals surface area contributed by atoms with Crippen molar-refractivity contribution in [3.63, 3.8) is 0 Å². The van der Waals surface area contributed by atoms with Crippen molar-refractivity contribution in [2.45, 2.75) is 19.4 Å². The third-order valence-electron chi connectivity index (χ3n) is 4.01. The van der Waals surface area contributed by atoms with Crippen LogP contribution >= 0.6 is 11.6 Å². The largest absolute Gasteiger partial charge is 0.454 e. The molecule has 3 aromatic rings. The van der Waals surface area contributed by atoms with E-state index in [1.54, 1.807) is 0 Å². The SMILES string of the molecule is O=C(Nc1c(F)c(F)c(F)c(F)c1F)c1ccc(Cn2nc(C(F)F)c(Cl)c2C(F)F)o1. The minimum Gasteiger partial charge on any atom is -0.454 e. The molecule has 0 saturated heterocycles. The molecule has 1 amide bonds. The highest BCUT2D eigenvalue weighted by Gasteiger charge is 2.30. The van der Waals surface area contributed by atoms with Crippen LogP contribution in [0.3, 0.4) is 0 Å². The van der Waals surface area contributed by atoms with E-state index in [1.165, 1.54) is 5.32 Å². The minimum atomic E-state index is -3.30. The van der Waals surface area contributed by atoms with Gasteiger partial charge in [0.1, 0.15) is 22.8 Å². The topological polar surface area (TPSA) is 60.1 Å². The zero-order valence-electron chi connectivity index (χ0n) is 15.0. The number of rotatable bonds is 6. The first-order valence-electron chi connectivity index (χ1n) is 8.17. The number of amides is 1. The molecule has 0 fully saturated rings. The molecular formula is C17H7ClF9N3O2. The Balaban J connectivity index is 1.86. The lowest BCUT2D eigenvalue weighted by Gasteiger charge is -2.09. The second-order valence-electron chi connectivity index (χ2n) is 6.01. The number of hydrogen-bond acceptors (Lipinski definition) is 3. The lowest BCUT2D eigenvalue weighted by molar-refractivity contribution is 0.0992. The first kappa shape index (κ1) is 23.5. The molecule has 1 N–H and O–H groups in total. The lowest BCUT2D eigenvalue weighted by atomic mass is 10.2. The van der Waals surface area contributed by atoms with Gasteiger partial charge in [0.05, 0.1) is 11.6 Å². The number of nitrogens with one attached hydrogen (secondary N) is 1. The van der Waals surface area contributed by atoms with Crippen LogP contribution in [0.1, 0.15) is 40.6 Å². The molecular weight excluding hydrogens is 485 g/mol. The molecule has 0 atom stereocenters. The van der Waals surface area contributed by atoms with Gasteiger partial charge in [-0.05, 0) is 12.1 Å². The van der Waals surface area contributed by atoms with Gasteiger partial charge >= 0.3 is 0 Å². The number of benzene rings is 1. The summed E-state index contributed by atoms with van der Waals surface area (Å²) in [4.78, 5) is 12.1. The molecule has 0 bridgehead atoms. The Bertz CT molecular complexity index is 1160. The van der Waals surface area contributed by atoms with Gasteiger partial charge in [0.2, 0.25) is 5.82 Å². The molecule has 0 radical (unpaired) electrons. The third kappa shape index (κ3) is 4.13. The molecule has 0 aliphatic carbocycles. The molecule has 15 heteroatoms. The normalized spacial score (nSPS) is 11.6. The average molecular weight is 492 g/mol. The summed E-state index contributed by atoms with van der Waals surface area (Å²) >= 11 is 5.50. The first-order chi connectivity index (χ1) is 14.9. The van der Waals surface area contributed by atoms with Gasteiger partial charge in [-0.1, -0.05) is 11.6 Å². The van der Waals surface area contributed by atoms with Crippen LogP contribution in [0, 0.1) is 29.1 Å². The Hall–Kier alpha value is -3.16. The Morgan fingerprint density at radius 3 is 2.06 bits per heavy atom. The van der Waals surface area contributed by atoms with Crippen molar-refractivity contribution in [1.29, 1.82) is 0 Å². The molecule has 2 heterocycles. The lowest BCUT2D eigenvalue weighted by Crippen LogP contribution is -2.16. The van der Waals surface area contributed by atoms with Crippen LogP contribution < -0.4 is 5.32 Å². The van der Waals surface area contributed by atoms with Crippen LogP contribution in [0.2, 0.25) is 5.02 Å². The van der Waals surface area contributed by atoms with Gasteiger partial charge in [0.25, 0.3) is 18.8 Å². The van der Waals surface area contributed by atoms with E-state index in [2.05, 4.69) is 5.10 Å². The molecule has 172 valence electrons. The van der Waals surface area contributed by atoms with Crippen LogP contribution in [-0.2, 0) is 6.54 Å². The van der Waals surface area contributed by atoms with Crippen molar-refractivity contribution in [1.82, 2.24) is 9.78 Å². The third-order valence-corrected chi connectivity index (χ3v) is 4.40. The van der Waals surface area contributed by atoms with Gasteiger partial charge < -0.3 is 9.73 Å². The number of nitrogens with zero attached hydrogens (tertiary/aromatic N) is 2. The maximum Gasteiger partial charge on any atom is 0.291 e. The Kier molecular flexibility index (Phi) is 6.44. The van der Waals surface area contributed by atoms with Crippen LogP contribution in [-0.4, -0.2) is 15.7 Å². The van der Waals surface area contributed by atoms with Gasteiger partial charge in [-0.15, -0.1) is 0 Å². The Labute approximate surface area is 176 Å². The average Bonchev–Trinajstić information content (AvgIpc) is 3.32. The fraction of sp³-hybridized carbons (Fsp3) is 0.176. The van der Waals surface area contributed by atoms with Crippen molar-refractivity contribution >= 4 is 23.2 Å². The van der Waals surface area contributed by atoms with Gasteiger partial charge in [0.15, 0.2) is 29.0 Å². The molecule has 32 heavy (non-hydrogen) atoms. The molecule has 0 spiro atoms. The van der Waals surface area contributed by atoms with E-state index >= 15 is 0 Å². The summed E-state index contributed by atoms with van der Waals surface area (Å²) in [5.74, 6) is -14.2. The summed E-state index contributed by atoms with van der Waals surface area (Å²) in [6, 6.07) is 1.87. The fourth-order valence-electron chi connectivity index (χ4n) is 2.56. The predicted octanol–water partition coefficient (Wildman–Crippen LogP) is 6.00. The number of alkyl halides is 4. The summed E-state index contributed by atoms with van der Waals surface area (Å²) in [7, 11) is 0. The smallest absolute Gasteiger partial charge is 0.291 e. The van der Waals surface area contributed by atoms with Crippen LogP contribution in [0.15, 0.2) is 16.5 Å². The van der Waals surface area contributed by atoms with E-state index in [0.717, 1.165) is 12.1 Å². The highest BCUT2D eigenvalue weighted by atomic mass is 35.5. The minimum absolute atomic E-state index is 0.311. The molecule has 0 saturated carbocycles. The zero-order chi connectivity index (χ0) is 23.9. The van der Waals surface area contributed by atoms with E-state index in [-0.39, 0.29) is 5.76 Å². The number of furan rings is 1. The van der Waals surface area contributed by atoms with Crippen molar-refractivity contribution < 1.29 is 48.7 Å². The quantitative estimate of drug-likeness (QED) is 0.261. The molecule has 3 rings (SSSR count). The predicted molar refractivity (Wildman–Crippen MR) is 89.1 cm³/mol. The van der Waals surface area contributed by atoms with Crippen LogP contribution in [0.4, 0.5) is 45.2 Å². The Morgan fingerprint density at radius 1 is 0.969 bits per heavy atom. The van der Waals surface area contributed by atoms with Crippen molar-refractivity contribution in [3.8, 4) is 0 Å². The highest BCUT2D eigenvalue weighted by molar-refractivity contribution is 6.32. The van der Waals surface area contributed by atoms with Gasteiger partial charge in [0, 0.05) is 0 Å². The molecule has 0 aliphatic heterocycles. The van der Waals surface area contributed by atoms with E-state index in [4.69, 9.17) is 16.0 Å². The highest BCUT2D eigenvalue weighted by Crippen LogP contribution is 2.35. The summed E-state index contributed by atoms with van der Waals surface area (Å²) in [6.45, 7) is -0.706.